The van der Waals surface area contributed by atoms with E-state index in [0.29, 0.717) is 12.6 Å². The predicted octanol–water partition coefficient (Wildman–Crippen LogP) is 0.164. The van der Waals surface area contributed by atoms with Gasteiger partial charge >= 0.3 is 5.97 Å². The van der Waals surface area contributed by atoms with Gasteiger partial charge in [0.25, 0.3) is 0 Å². The van der Waals surface area contributed by atoms with Crippen LogP contribution in [0.1, 0.15) is 19.3 Å². The largest absolute Gasteiger partial charge is 0.481 e. The molecule has 13 heavy (non-hydrogen) atoms. The van der Waals surface area contributed by atoms with E-state index in [2.05, 4.69) is 0 Å². The van der Waals surface area contributed by atoms with Crippen LogP contribution in [0.25, 0.3) is 0 Å². The molecule has 0 aromatic rings. The Morgan fingerprint density at radius 1 is 1.54 bits per heavy atom. The first-order chi connectivity index (χ1) is 6.15. The van der Waals surface area contributed by atoms with E-state index in [4.69, 9.17) is 10.2 Å². The van der Waals surface area contributed by atoms with Crippen LogP contribution in [0.3, 0.4) is 0 Å². The molecule has 1 aliphatic rings. The fraction of sp³-hybridized carbons (Fsp3) is 0.889. The number of hydrogen-bond acceptors (Lipinski definition) is 3. The van der Waals surface area contributed by atoms with E-state index >= 15 is 0 Å². The SMILES string of the molecule is CN(CCO)C1CCC(C(=O)O)C1. The van der Waals surface area contributed by atoms with E-state index in [1.807, 2.05) is 11.9 Å². The molecular formula is C9H17NO3. The van der Waals surface area contributed by atoms with Gasteiger partial charge in [-0.05, 0) is 26.3 Å². The number of nitrogens with zero attached hydrogens (tertiary/aromatic N) is 1. The molecule has 1 fully saturated rings. The maximum absolute atomic E-state index is 10.7. The van der Waals surface area contributed by atoms with Gasteiger partial charge in [-0.2, -0.15) is 0 Å². The van der Waals surface area contributed by atoms with Crippen LogP contribution < -0.4 is 0 Å². The second kappa shape index (κ2) is 4.58. The second-order valence-corrected chi connectivity index (χ2v) is 3.71. The van der Waals surface area contributed by atoms with Gasteiger partial charge in [0.15, 0.2) is 0 Å². The number of carbonyl (C=O) groups is 1. The molecule has 2 atom stereocenters. The zero-order valence-electron chi connectivity index (χ0n) is 7.94. The average molecular weight is 187 g/mol. The molecule has 2 N–H and O–H groups in total. The minimum atomic E-state index is -0.681. The van der Waals surface area contributed by atoms with Crippen LogP contribution in [0.15, 0.2) is 0 Å². The van der Waals surface area contributed by atoms with Gasteiger partial charge in [0.2, 0.25) is 0 Å². The minimum Gasteiger partial charge on any atom is -0.481 e. The molecule has 0 amide bonds. The zero-order valence-corrected chi connectivity index (χ0v) is 7.94. The molecule has 0 bridgehead atoms. The fourth-order valence-corrected chi connectivity index (χ4v) is 1.92. The fourth-order valence-electron chi connectivity index (χ4n) is 1.92. The molecule has 1 saturated carbocycles. The molecule has 0 aliphatic heterocycles. The van der Waals surface area contributed by atoms with Crippen LogP contribution in [0.4, 0.5) is 0 Å². The molecule has 0 aromatic carbocycles. The van der Waals surface area contributed by atoms with Gasteiger partial charge in [0.05, 0.1) is 12.5 Å². The normalized spacial score (nSPS) is 28.2. The lowest BCUT2D eigenvalue weighted by molar-refractivity contribution is -0.141. The average Bonchev–Trinajstić information content (AvgIpc) is 2.52. The number of aliphatic carboxylic acids is 1. The number of likely N-dealkylation sites (N-methyl/N-ethyl adjacent to an activating group) is 1. The summed E-state index contributed by atoms with van der Waals surface area (Å²) < 4.78 is 0. The summed E-state index contributed by atoms with van der Waals surface area (Å²) >= 11 is 0. The molecule has 0 saturated heterocycles. The molecule has 2 unspecified atom stereocenters. The summed E-state index contributed by atoms with van der Waals surface area (Å²) in [6.45, 7) is 0.780. The first-order valence-corrected chi connectivity index (χ1v) is 4.69. The zero-order chi connectivity index (χ0) is 9.84. The molecule has 0 spiro atoms. The van der Waals surface area contributed by atoms with E-state index in [1.54, 1.807) is 0 Å². The van der Waals surface area contributed by atoms with Crippen molar-refractivity contribution in [1.82, 2.24) is 4.90 Å². The quantitative estimate of drug-likeness (QED) is 0.658. The Balaban J connectivity index is 2.35. The van der Waals surface area contributed by atoms with E-state index in [9.17, 15) is 4.79 Å². The van der Waals surface area contributed by atoms with E-state index < -0.39 is 5.97 Å². The molecule has 0 aromatic heterocycles. The highest BCUT2D eigenvalue weighted by Gasteiger charge is 2.31. The van der Waals surface area contributed by atoms with Crippen molar-refractivity contribution in [2.24, 2.45) is 5.92 Å². The highest BCUT2D eigenvalue weighted by Crippen LogP contribution is 2.28. The Morgan fingerprint density at radius 2 is 2.23 bits per heavy atom. The van der Waals surface area contributed by atoms with Gasteiger partial charge in [0.1, 0.15) is 0 Å². The van der Waals surface area contributed by atoms with Crippen molar-refractivity contribution >= 4 is 5.97 Å². The van der Waals surface area contributed by atoms with Crippen LogP contribution in [0.2, 0.25) is 0 Å². The number of aliphatic hydroxyl groups excluding tert-OH is 1. The van der Waals surface area contributed by atoms with Crippen molar-refractivity contribution in [1.29, 1.82) is 0 Å². The summed E-state index contributed by atoms with van der Waals surface area (Å²) in [7, 11) is 1.94. The van der Waals surface area contributed by atoms with E-state index in [1.165, 1.54) is 0 Å². The van der Waals surface area contributed by atoms with Crippen molar-refractivity contribution in [2.45, 2.75) is 25.3 Å². The van der Waals surface area contributed by atoms with Gasteiger partial charge < -0.3 is 15.1 Å². The number of carboxylic acid groups (broad SMARTS) is 1. The topological polar surface area (TPSA) is 60.8 Å². The highest BCUT2D eigenvalue weighted by molar-refractivity contribution is 5.70. The number of hydrogen-bond donors (Lipinski definition) is 2. The van der Waals surface area contributed by atoms with Crippen LogP contribution in [-0.2, 0) is 4.79 Å². The van der Waals surface area contributed by atoms with Gasteiger partial charge in [-0.25, -0.2) is 0 Å². The standard InChI is InChI=1S/C9H17NO3/c1-10(4-5-11)8-3-2-7(6-8)9(12)13/h7-8,11H,2-6H2,1H3,(H,12,13). The third kappa shape index (κ3) is 2.67. The molecule has 4 nitrogen and oxygen atoms in total. The first-order valence-electron chi connectivity index (χ1n) is 4.69. The monoisotopic (exact) mass is 187 g/mol. The highest BCUT2D eigenvalue weighted by atomic mass is 16.4. The summed E-state index contributed by atoms with van der Waals surface area (Å²) in [5.74, 6) is -0.856. The molecular weight excluding hydrogens is 170 g/mol. The Hall–Kier alpha value is -0.610. The maximum Gasteiger partial charge on any atom is 0.306 e. The third-order valence-electron chi connectivity index (χ3n) is 2.83. The van der Waals surface area contributed by atoms with Gasteiger partial charge in [-0.15, -0.1) is 0 Å². The maximum atomic E-state index is 10.7. The lowest BCUT2D eigenvalue weighted by Crippen LogP contribution is -2.32. The van der Waals surface area contributed by atoms with E-state index in [0.717, 1.165) is 19.3 Å². The van der Waals surface area contributed by atoms with Gasteiger partial charge in [-0.1, -0.05) is 0 Å². The van der Waals surface area contributed by atoms with Crippen molar-refractivity contribution in [2.75, 3.05) is 20.2 Å². The second-order valence-electron chi connectivity index (χ2n) is 3.71. The molecule has 4 heteroatoms. The molecule has 76 valence electrons. The first kappa shape index (κ1) is 10.5. The van der Waals surface area contributed by atoms with Gasteiger partial charge in [-0.3, -0.25) is 4.79 Å². The van der Waals surface area contributed by atoms with Crippen LogP contribution >= 0.6 is 0 Å². The van der Waals surface area contributed by atoms with Crippen molar-refractivity contribution in [3.63, 3.8) is 0 Å². The summed E-state index contributed by atoms with van der Waals surface area (Å²) in [5.41, 5.74) is 0. The Bertz CT molecular complexity index is 184. The summed E-state index contributed by atoms with van der Waals surface area (Å²) in [6, 6.07) is 0.341. The molecule has 1 rings (SSSR count). The minimum absolute atomic E-state index is 0.144. The Kier molecular flexibility index (Phi) is 3.69. The number of carboxylic acids is 1. The lowest BCUT2D eigenvalue weighted by Gasteiger charge is -2.22. The predicted molar refractivity (Wildman–Crippen MR) is 48.5 cm³/mol. The van der Waals surface area contributed by atoms with Crippen LogP contribution in [0.5, 0.6) is 0 Å². The Morgan fingerprint density at radius 3 is 2.69 bits per heavy atom. The van der Waals surface area contributed by atoms with Crippen molar-refractivity contribution in [3.8, 4) is 0 Å². The van der Waals surface area contributed by atoms with Crippen LogP contribution in [-0.4, -0.2) is 47.3 Å². The van der Waals surface area contributed by atoms with E-state index in [-0.39, 0.29) is 12.5 Å². The molecule has 0 heterocycles. The lowest BCUT2D eigenvalue weighted by atomic mass is 10.1. The van der Waals surface area contributed by atoms with Crippen molar-refractivity contribution < 1.29 is 15.0 Å². The van der Waals surface area contributed by atoms with Crippen LogP contribution in [0, 0.1) is 5.92 Å². The third-order valence-corrected chi connectivity index (χ3v) is 2.83. The number of rotatable bonds is 4. The summed E-state index contributed by atoms with van der Waals surface area (Å²) in [6.07, 6.45) is 2.44. The van der Waals surface area contributed by atoms with Crippen molar-refractivity contribution in [3.05, 3.63) is 0 Å². The molecule has 1 aliphatic carbocycles. The summed E-state index contributed by atoms with van der Waals surface area (Å²) in [4.78, 5) is 12.7. The number of aliphatic hydroxyl groups is 1. The summed E-state index contributed by atoms with van der Waals surface area (Å²) in [5, 5.41) is 17.5. The smallest absolute Gasteiger partial charge is 0.306 e. The molecule has 0 radical (unpaired) electrons. The Labute approximate surface area is 78.2 Å². The van der Waals surface area contributed by atoms with Gasteiger partial charge in [0, 0.05) is 12.6 Å².